The molecule has 5 N–H and O–H groups in total. The van der Waals surface area contributed by atoms with Crippen LogP contribution < -0.4 is 11.5 Å². The summed E-state index contributed by atoms with van der Waals surface area (Å²) in [6.07, 6.45) is 4.61. The Morgan fingerprint density at radius 2 is 1.83 bits per heavy atom. The van der Waals surface area contributed by atoms with Gasteiger partial charge >= 0.3 is 5.97 Å². The maximum atomic E-state index is 10.6. The highest BCUT2D eigenvalue weighted by molar-refractivity contribution is 5.75. The molecule has 1 atom stereocenters. The molecule has 0 aliphatic heterocycles. The molecule has 0 radical (unpaired) electrons. The lowest BCUT2D eigenvalue weighted by molar-refractivity contribution is -0.140. The molecule has 1 aliphatic carbocycles. The number of hydrogen-bond donors (Lipinski definition) is 3. The minimum atomic E-state index is -0.987. The van der Waals surface area contributed by atoms with Crippen LogP contribution in [0.15, 0.2) is 0 Å². The quantitative estimate of drug-likeness (QED) is 0.549. The van der Waals surface area contributed by atoms with Gasteiger partial charge in [-0.05, 0) is 12.8 Å². The van der Waals surface area contributed by atoms with Crippen molar-refractivity contribution in [2.24, 2.45) is 11.5 Å². The van der Waals surface area contributed by atoms with Gasteiger partial charge in [-0.25, -0.2) is 0 Å². The molecule has 4 nitrogen and oxygen atoms in total. The largest absolute Gasteiger partial charge is 0.480 e. The molecule has 0 aromatic heterocycles. The van der Waals surface area contributed by atoms with E-state index in [-0.39, 0.29) is 0 Å². The molecule has 0 amide bonds. The van der Waals surface area contributed by atoms with E-state index < -0.39 is 17.6 Å². The molecular formula is C8H16N2O2. The third-order valence-electron chi connectivity index (χ3n) is 2.67. The minimum Gasteiger partial charge on any atom is -0.480 e. The number of carboxylic acid groups (broad SMARTS) is 1. The van der Waals surface area contributed by atoms with Crippen molar-refractivity contribution in [2.45, 2.75) is 43.7 Å². The van der Waals surface area contributed by atoms with E-state index in [4.69, 9.17) is 16.6 Å². The highest BCUT2D eigenvalue weighted by atomic mass is 16.4. The summed E-state index contributed by atoms with van der Waals surface area (Å²) in [5.74, 6) is -0.987. The van der Waals surface area contributed by atoms with Crippen LogP contribution in [0.2, 0.25) is 0 Å². The third-order valence-corrected chi connectivity index (χ3v) is 2.67. The van der Waals surface area contributed by atoms with Crippen LogP contribution in [0.4, 0.5) is 0 Å². The molecule has 4 heteroatoms. The summed E-state index contributed by atoms with van der Waals surface area (Å²) in [6.45, 7) is 0. The van der Waals surface area contributed by atoms with Gasteiger partial charge in [0, 0.05) is 5.54 Å². The molecule has 1 saturated carbocycles. The van der Waals surface area contributed by atoms with Crippen molar-refractivity contribution >= 4 is 5.97 Å². The van der Waals surface area contributed by atoms with E-state index in [0.29, 0.717) is 0 Å². The number of hydrogen-bond acceptors (Lipinski definition) is 3. The molecule has 0 aromatic rings. The maximum absolute atomic E-state index is 10.6. The van der Waals surface area contributed by atoms with Crippen LogP contribution in [0.25, 0.3) is 0 Å². The molecule has 0 spiro atoms. The molecule has 12 heavy (non-hydrogen) atoms. The second kappa shape index (κ2) is 3.41. The first kappa shape index (κ1) is 9.48. The van der Waals surface area contributed by atoms with Gasteiger partial charge in [0.2, 0.25) is 0 Å². The lowest BCUT2D eigenvalue weighted by atomic mass is 9.77. The van der Waals surface area contributed by atoms with Crippen molar-refractivity contribution in [2.75, 3.05) is 0 Å². The summed E-state index contributed by atoms with van der Waals surface area (Å²) in [5, 5.41) is 8.69. The first-order valence-corrected chi connectivity index (χ1v) is 4.33. The maximum Gasteiger partial charge on any atom is 0.322 e. The Bertz CT molecular complexity index is 176. The zero-order valence-electron chi connectivity index (χ0n) is 7.12. The van der Waals surface area contributed by atoms with Crippen LogP contribution >= 0.6 is 0 Å². The highest BCUT2D eigenvalue weighted by Crippen LogP contribution is 2.27. The van der Waals surface area contributed by atoms with Gasteiger partial charge in [0.05, 0.1) is 0 Å². The van der Waals surface area contributed by atoms with Gasteiger partial charge in [-0.1, -0.05) is 19.3 Å². The first-order valence-electron chi connectivity index (χ1n) is 4.33. The average Bonchev–Trinajstić information content (AvgIpc) is 2.04. The standard InChI is InChI=1S/C8H16N2O2/c9-6(7(11)12)8(10)4-2-1-3-5-8/h6H,1-5,9-10H2,(H,11,12). The minimum absolute atomic E-state index is 0.663. The van der Waals surface area contributed by atoms with Gasteiger partial charge in [-0.3, -0.25) is 4.79 Å². The van der Waals surface area contributed by atoms with Gasteiger partial charge in [0.1, 0.15) is 6.04 Å². The van der Waals surface area contributed by atoms with Crippen LogP contribution in [0, 0.1) is 0 Å². The molecule has 1 fully saturated rings. The molecule has 70 valence electrons. The zero-order valence-corrected chi connectivity index (χ0v) is 7.12. The highest BCUT2D eigenvalue weighted by Gasteiger charge is 2.37. The Labute approximate surface area is 71.9 Å². The average molecular weight is 172 g/mol. The Hall–Kier alpha value is -0.610. The van der Waals surface area contributed by atoms with E-state index in [0.717, 1.165) is 32.1 Å². The number of rotatable bonds is 2. The number of nitrogens with two attached hydrogens (primary N) is 2. The summed E-state index contributed by atoms with van der Waals surface area (Å²) in [6, 6.07) is -0.905. The fraction of sp³-hybridized carbons (Fsp3) is 0.875. The fourth-order valence-electron chi connectivity index (χ4n) is 1.77. The zero-order chi connectivity index (χ0) is 9.19. The smallest absolute Gasteiger partial charge is 0.322 e. The van der Waals surface area contributed by atoms with Gasteiger partial charge in [-0.15, -0.1) is 0 Å². The summed E-state index contributed by atoms with van der Waals surface area (Å²) in [7, 11) is 0. The van der Waals surface area contributed by atoms with Gasteiger partial charge < -0.3 is 16.6 Å². The van der Waals surface area contributed by atoms with E-state index in [9.17, 15) is 4.79 Å². The normalized spacial score (nSPS) is 24.8. The molecule has 1 unspecified atom stereocenters. The van der Waals surface area contributed by atoms with Crippen LogP contribution in [0.5, 0.6) is 0 Å². The van der Waals surface area contributed by atoms with E-state index in [2.05, 4.69) is 0 Å². The fourth-order valence-corrected chi connectivity index (χ4v) is 1.77. The molecule has 0 aromatic carbocycles. The summed E-state index contributed by atoms with van der Waals surface area (Å²) in [4.78, 5) is 10.6. The van der Waals surface area contributed by atoms with E-state index in [1.165, 1.54) is 0 Å². The topological polar surface area (TPSA) is 89.3 Å². The summed E-state index contributed by atoms with van der Waals surface area (Å²) >= 11 is 0. The molecule has 0 saturated heterocycles. The Balaban J connectivity index is 2.62. The van der Waals surface area contributed by atoms with Crippen molar-refractivity contribution in [3.63, 3.8) is 0 Å². The Kier molecular flexibility index (Phi) is 2.69. The Morgan fingerprint density at radius 3 is 2.25 bits per heavy atom. The monoisotopic (exact) mass is 172 g/mol. The summed E-state index contributed by atoms with van der Waals surface area (Å²) < 4.78 is 0. The Morgan fingerprint density at radius 1 is 1.33 bits per heavy atom. The van der Waals surface area contributed by atoms with Crippen molar-refractivity contribution < 1.29 is 9.90 Å². The second-order valence-corrected chi connectivity index (χ2v) is 3.61. The van der Waals surface area contributed by atoms with Crippen molar-refractivity contribution in [3.05, 3.63) is 0 Å². The molecule has 1 rings (SSSR count). The van der Waals surface area contributed by atoms with Crippen LogP contribution in [0.1, 0.15) is 32.1 Å². The van der Waals surface area contributed by atoms with Crippen molar-refractivity contribution in [1.29, 1.82) is 0 Å². The molecule has 0 heterocycles. The number of carboxylic acids is 1. The van der Waals surface area contributed by atoms with Crippen LogP contribution in [-0.4, -0.2) is 22.7 Å². The van der Waals surface area contributed by atoms with Crippen molar-refractivity contribution in [1.82, 2.24) is 0 Å². The third kappa shape index (κ3) is 1.76. The van der Waals surface area contributed by atoms with Gasteiger partial charge in [0.15, 0.2) is 0 Å². The van der Waals surface area contributed by atoms with Crippen LogP contribution in [0.3, 0.4) is 0 Å². The van der Waals surface area contributed by atoms with E-state index in [1.807, 2.05) is 0 Å². The predicted molar refractivity (Wildman–Crippen MR) is 45.6 cm³/mol. The van der Waals surface area contributed by atoms with Crippen LogP contribution in [-0.2, 0) is 4.79 Å². The molecule has 1 aliphatic rings. The SMILES string of the molecule is NC(C(=O)O)C1(N)CCCCC1. The second-order valence-electron chi connectivity index (χ2n) is 3.61. The molecule has 0 bridgehead atoms. The van der Waals surface area contributed by atoms with Gasteiger partial charge in [0.25, 0.3) is 0 Å². The lowest BCUT2D eigenvalue weighted by Gasteiger charge is -2.36. The van der Waals surface area contributed by atoms with E-state index >= 15 is 0 Å². The van der Waals surface area contributed by atoms with Gasteiger partial charge in [-0.2, -0.15) is 0 Å². The van der Waals surface area contributed by atoms with E-state index in [1.54, 1.807) is 0 Å². The first-order chi connectivity index (χ1) is 5.56. The summed E-state index contributed by atoms with van der Waals surface area (Å²) in [5.41, 5.74) is 10.7. The van der Waals surface area contributed by atoms with Crippen molar-refractivity contribution in [3.8, 4) is 0 Å². The molecular weight excluding hydrogens is 156 g/mol. The lowest BCUT2D eigenvalue weighted by Crippen LogP contribution is -2.59. The predicted octanol–water partition coefficient (Wildman–Crippen LogP) is 0.0599. The number of aliphatic carboxylic acids is 1. The number of carbonyl (C=O) groups is 1.